The summed E-state index contributed by atoms with van der Waals surface area (Å²) in [7, 11) is 0. The maximum atomic E-state index is 4.71. The van der Waals surface area contributed by atoms with E-state index < -0.39 is 0 Å². The second-order valence-electron chi connectivity index (χ2n) is 5.95. The number of unbranched alkanes of at least 4 members (excludes halogenated alkanes) is 1. The first kappa shape index (κ1) is 22.7. The molecule has 0 aliphatic carbocycles. The first-order valence-electron chi connectivity index (χ1n) is 8.98. The highest BCUT2D eigenvalue weighted by molar-refractivity contribution is 14.0. The van der Waals surface area contributed by atoms with Crippen LogP contribution in [0.3, 0.4) is 0 Å². The standard InChI is InChI=1S/C19H29N5S.HI/c1-3-20-19(24-14-16(2)17-9-13-25-15-17)23-12-7-6-11-22-18-8-4-5-10-21-18;/h4-5,8-10,13,15-16H,3,6-7,11-12,14H2,1-2H3,(H,21,22)(H2,20,23,24);1H. The van der Waals surface area contributed by atoms with E-state index in [2.05, 4.69) is 51.6 Å². The molecule has 2 aromatic rings. The summed E-state index contributed by atoms with van der Waals surface area (Å²) >= 11 is 1.74. The van der Waals surface area contributed by atoms with Gasteiger partial charge in [0.1, 0.15) is 5.82 Å². The Bertz CT molecular complexity index is 604. The van der Waals surface area contributed by atoms with Crippen LogP contribution in [0.15, 0.2) is 46.2 Å². The second-order valence-corrected chi connectivity index (χ2v) is 6.73. The number of hydrogen-bond acceptors (Lipinski definition) is 4. The molecule has 0 fully saturated rings. The molecule has 0 bridgehead atoms. The zero-order valence-corrected chi connectivity index (χ0v) is 18.7. The molecule has 0 amide bonds. The Morgan fingerprint density at radius 2 is 2.04 bits per heavy atom. The molecule has 2 heterocycles. The maximum Gasteiger partial charge on any atom is 0.191 e. The van der Waals surface area contributed by atoms with E-state index in [1.165, 1.54) is 5.56 Å². The molecule has 144 valence electrons. The molecular weight excluding hydrogens is 457 g/mol. The Morgan fingerprint density at radius 3 is 2.73 bits per heavy atom. The van der Waals surface area contributed by atoms with Gasteiger partial charge in [-0.05, 0) is 54.3 Å². The minimum absolute atomic E-state index is 0. The van der Waals surface area contributed by atoms with Crippen LogP contribution in [0.4, 0.5) is 5.82 Å². The van der Waals surface area contributed by atoms with Crippen molar-refractivity contribution in [1.29, 1.82) is 0 Å². The fourth-order valence-corrected chi connectivity index (χ4v) is 3.15. The number of pyridine rings is 1. The number of aromatic nitrogens is 1. The Kier molecular flexibility index (Phi) is 12.0. The lowest BCUT2D eigenvalue weighted by molar-refractivity contribution is 0.704. The smallest absolute Gasteiger partial charge is 0.191 e. The van der Waals surface area contributed by atoms with Gasteiger partial charge in [-0.1, -0.05) is 13.0 Å². The van der Waals surface area contributed by atoms with Gasteiger partial charge < -0.3 is 16.0 Å². The van der Waals surface area contributed by atoms with Crippen molar-refractivity contribution in [3.05, 3.63) is 46.8 Å². The number of halogens is 1. The predicted octanol–water partition coefficient (Wildman–Crippen LogP) is 4.31. The van der Waals surface area contributed by atoms with Crippen LogP contribution in [0, 0.1) is 0 Å². The van der Waals surface area contributed by atoms with E-state index in [-0.39, 0.29) is 24.0 Å². The molecule has 0 radical (unpaired) electrons. The summed E-state index contributed by atoms with van der Waals surface area (Å²) in [5.41, 5.74) is 1.37. The van der Waals surface area contributed by atoms with Gasteiger partial charge in [0.2, 0.25) is 0 Å². The third-order valence-corrected chi connectivity index (χ3v) is 4.55. The highest BCUT2D eigenvalue weighted by atomic mass is 127. The largest absolute Gasteiger partial charge is 0.370 e. The van der Waals surface area contributed by atoms with Gasteiger partial charge in [-0.2, -0.15) is 11.3 Å². The second kappa shape index (κ2) is 13.8. The van der Waals surface area contributed by atoms with E-state index >= 15 is 0 Å². The molecule has 26 heavy (non-hydrogen) atoms. The molecule has 3 N–H and O–H groups in total. The van der Waals surface area contributed by atoms with E-state index in [1.54, 1.807) is 17.5 Å². The van der Waals surface area contributed by atoms with Crippen molar-refractivity contribution in [3.8, 4) is 0 Å². The van der Waals surface area contributed by atoms with Gasteiger partial charge in [-0.15, -0.1) is 24.0 Å². The van der Waals surface area contributed by atoms with Gasteiger partial charge in [0.15, 0.2) is 5.96 Å². The third-order valence-electron chi connectivity index (χ3n) is 3.85. The summed E-state index contributed by atoms with van der Waals surface area (Å²) in [5, 5.41) is 14.4. The van der Waals surface area contributed by atoms with Crippen molar-refractivity contribution in [2.24, 2.45) is 4.99 Å². The predicted molar refractivity (Wildman–Crippen MR) is 124 cm³/mol. The van der Waals surface area contributed by atoms with Crippen LogP contribution < -0.4 is 16.0 Å². The monoisotopic (exact) mass is 487 g/mol. The molecule has 1 atom stereocenters. The lowest BCUT2D eigenvalue weighted by atomic mass is 10.1. The molecule has 7 heteroatoms. The lowest BCUT2D eigenvalue weighted by Gasteiger charge is -2.13. The highest BCUT2D eigenvalue weighted by Gasteiger charge is 2.05. The van der Waals surface area contributed by atoms with Crippen LogP contribution in [0.1, 0.15) is 38.2 Å². The van der Waals surface area contributed by atoms with Gasteiger partial charge >= 0.3 is 0 Å². The van der Waals surface area contributed by atoms with Crippen LogP contribution in [0.2, 0.25) is 0 Å². The number of hydrogen-bond donors (Lipinski definition) is 3. The van der Waals surface area contributed by atoms with E-state index in [4.69, 9.17) is 4.99 Å². The fraction of sp³-hybridized carbons (Fsp3) is 0.474. The molecule has 2 rings (SSSR count). The van der Waals surface area contributed by atoms with E-state index in [9.17, 15) is 0 Å². The zero-order valence-electron chi connectivity index (χ0n) is 15.6. The minimum atomic E-state index is 0. The summed E-state index contributed by atoms with van der Waals surface area (Å²) in [5.74, 6) is 2.29. The number of nitrogens with zero attached hydrogens (tertiary/aromatic N) is 2. The van der Waals surface area contributed by atoms with Gasteiger partial charge in [-0.25, -0.2) is 4.98 Å². The summed E-state index contributed by atoms with van der Waals surface area (Å²) in [6.45, 7) is 7.84. The summed E-state index contributed by atoms with van der Waals surface area (Å²) in [6.07, 6.45) is 3.98. The Balaban J connectivity index is 0.00000338. The molecule has 0 saturated carbocycles. The SMILES string of the molecule is CCNC(=NCC(C)c1ccsc1)NCCCCNc1ccccn1.I. The van der Waals surface area contributed by atoms with Crippen molar-refractivity contribution >= 4 is 47.1 Å². The van der Waals surface area contributed by atoms with Gasteiger partial charge in [0.25, 0.3) is 0 Å². The molecule has 0 aliphatic heterocycles. The Hall–Kier alpha value is -1.35. The fourth-order valence-electron chi connectivity index (χ4n) is 2.37. The average molecular weight is 487 g/mol. The quantitative estimate of drug-likeness (QED) is 0.202. The Morgan fingerprint density at radius 1 is 1.19 bits per heavy atom. The maximum absolute atomic E-state index is 4.71. The van der Waals surface area contributed by atoms with E-state index in [0.717, 1.165) is 50.8 Å². The van der Waals surface area contributed by atoms with E-state index in [1.807, 2.05) is 18.2 Å². The Labute approximate surface area is 178 Å². The summed E-state index contributed by atoms with van der Waals surface area (Å²) in [4.78, 5) is 8.96. The normalized spacial score (nSPS) is 12.2. The van der Waals surface area contributed by atoms with Crippen molar-refractivity contribution < 1.29 is 0 Å². The summed E-state index contributed by atoms with van der Waals surface area (Å²) < 4.78 is 0. The van der Waals surface area contributed by atoms with Crippen LogP contribution in [0.5, 0.6) is 0 Å². The molecule has 0 aliphatic rings. The average Bonchev–Trinajstić information content (AvgIpc) is 3.18. The summed E-state index contributed by atoms with van der Waals surface area (Å²) in [6, 6.07) is 8.09. The number of aliphatic imine (C=N–C) groups is 1. The van der Waals surface area contributed by atoms with Gasteiger partial charge in [0, 0.05) is 38.3 Å². The molecule has 2 aromatic heterocycles. The molecule has 1 unspecified atom stereocenters. The number of guanidine groups is 1. The van der Waals surface area contributed by atoms with E-state index in [0.29, 0.717) is 5.92 Å². The number of nitrogens with one attached hydrogen (secondary N) is 3. The van der Waals surface area contributed by atoms with Crippen LogP contribution in [0.25, 0.3) is 0 Å². The van der Waals surface area contributed by atoms with Crippen molar-refractivity contribution in [2.75, 3.05) is 31.5 Å². The number of anilines is 1. The van der Waals surface area contributed by atoms with Crippen LogP contribution in [-0.2, 0) is 0 Å². The molecule has 0 aromatic carbocycles. The number of thiophene rings is 1. The highest BCUT2D eigenvalue weighted by Crippen LogP contribution is 2.18. The van der Waals surface area contributed by atoms with Gasteiger partial charge in [0.05, 0.1) is 0 Å². The van der Waals surface area contributed by atoms with Gasteiger partial charge in [-0.3, -0.25) is 4.99 Å². The first-order valence-corrected chi connectivity index (χ1v) is 9.93. The minimum Gasteiger partial charge on any atom is -0.370 e. The molecule has 5 nitrogen and oxygen atoms in total. The molecule has 0 spiro atoms. The lowest BCUT2D eigenvalue weighted by Crippen LogP contribution is -2.38. The zero-order chi connectivity index (χ0) is 17.7. The van der Waals surface area contributed by atoms with Crippen molar-refractivity contribution in [3.63, 3.8) is 0 Å². The number of rotatable bonds is 10. The van der Waals surface area contributed by atoms with Crippen LogP contribution >= 0.6 is 35.3 Å². The van der Waals surface area contributed by atoms with Crippen LogP contribution in [-0.4, -0.2) is 37.1 Å². The third kappa shape index (κ3) is 8.84. The topological polar surface area (TPSA) is 61.3 Å². The first-order chi connectivity index (χ1) is 12.3. The molecule has 0 saturated heterocycles. The van der Waals surface area contributed by atoms with Crippen molar-refractivity contribution in [2.45, 2.75) is 32.6 Å². The van der Waals surface area contributed by atoms with Crippen molar-refractivity contribution in [1.82, 2.24) is 15.6 Å². The molecular formula is C19H30IN5S.